The van der Waals surface area contributed by atoms with Gasteiger partial charge in [0.25, 0.3) is 0 Å². The molecule has 0 aliphatic carbocycles. The van der Waals surface area contributed by atoms with Gasteiger partial charge >= 0.3 is 0 Å². The van der Waals surface area contributed by atoms with Crippen LogP contribution in [0.4, 0.5) is 5.82 Å². The molecular formula is C15H20N4O2. The van der Waals surface area contributed by atoms with Gasteiger partial charge < -0.3 is 10.0 Å². The molecule has 112 valence electrons. The Balaban J connectivity index is 1.88. The number of hydrogen-bond donors (Lipinski definition) is 1. The minimum Gasteiger partial charge on any atom is -0.395 e. The summed E-state index contributed by atoms with van der Waals surface area (Å²) >= 11 is 0. The predicted molar refractivity (Wildman–Crippen MR) is 80.9 cm³/mol. The van der Waals surface area contributed by atoms with E-state index < -0.39 is 0 Å². The molecule has 3 rings (SSSR count). The second-order valence-electron chi connectivity index (χ2n) is 5.27. The zero-order chi connectivity index (χ0) is 14.7. The monoisotopic (exact) mass is 288 g/mol. The highest BCUT2D eigenvalue weighted by Crippen LogP contribution is 2.21. The lowest BCUT2D eigenvalue weighted by Gasteiger charge is -2.21. The summed E-state index contributed by atoms with van der Waals surface area (Å²) in [5.41, 5.74) is 1.41. The fourth-order valence-electron chi connectivity index (χ4n) is 2.89. The molecule has 0 radical (unpaired) electrons. The van der Waals surface area contributed by atoms with Crippen LogP contribution in [0.15, 0.2) is 24.4 Å². The number of pyridine rings is 1. The van der Waals surface area contributed by atoms with E-state index in [1.165, 1.54) is 0 Å². The molecule has 1 aliphatic heterocycles. The molecule has 2 aromatic rings. The minimum atomic E-state index is 0.188. The van der Waals surface area contributed by atoms with Gasteiger partial charge in [0.15, 0.2) is 12.1 Å². The molecule has 1 N–H and O–H groups in total. The van der Waals surface area contributed by atoms with E-state index in [-0.39, 0.29) is 6.61 Å². The van der Waals surface area contributed by atoms with Crippen molar-refractivity contribution in [2.24, 2.45) is 0 Å². The van der Waals surface area contributed by atoms with Crippen molar-refractivity contribution in [3.63, 3.8) is 0 Å². The van der Waals surface area contributed by atoms with Crippen LogP contribution >= 0.6 is 0 Å². The van der Waals surface area contributed by atoms with E-state index in [0.717, 1.165) is 50.4 Å². The van der Waals surface area contributed by atoms with Crippen LogP contribution in [0.25, 0.3) is 5.65 Å². The van der Waals surface area contributed by atoms with Crippen LogP contribution in [0.5, 0.6) is 0 Å². The van der Waals surface area contributed by atoms with Crippen LogP contribution in [0.1, 0.15) is 16.9 Å². The van der Waals surface area contributed by atoms with Crippen LogP contribution < -0.4 is 4.90 Å². The summed E-state index contributed by atoms with van der Waals surface area (Å²) in [6.45, 7) is 4.46. The zero-order valence-electron chi connectivity index (χ0n) is 12.0. The highest BCUT2D eigenvalue weighted by atomic mass is 16.3. The van der Waals surface area contributed by atoms with Crippen molar-refractivity contribution in [1.82, 2.24) is 14.3 Å². The van der Waals surface area contributed by atoms with Crippen molar-refractivity contribution < 1.29 is 9.90 Å². The summed E-state index contributed by atoms with van der Waals surface area (Å²) in [5.74, 6) is 0.766. The summed E-state index contributed by atoms with van der Waals surface area (Å²) < 4.78 is 1.83. The molecule has 1 fully saturated rings. The first-order chi connectivity index (χ1) is 10.3. The Labute approximate surface area is 123 Å². The van der Waals surface area contributed by atoms with Gasteiger partial charge in [-0.25, -0.2) is 4.98 Å². The van der Waals surface area contributed by atoms with Gasteiger partial charge in [-0.15, -0.1) is 0 Å². The molecule has 3 heterocycles. The number of anilines is 1. The second kappa shape index (κ2) is 6.24. The van der Waals surface area contributed by atoms with Gasteiger partial charge in [0.2, 0.25) is 0 Å². The first-order valence-corrected chi connectivity index (χ1v) is 7.34. The van der Waals surface area contributed by atoms with Gasteiger partial charge in [0.05, 0.1) is 6.61 Å². The highest BCUT2D eigenvalue weighted by molar-refractivity contribution is 5.83. The third-order valence-electron chi connectivity index (χ3n) is 3.96. The Morgan fingerprint density at radius 1 is 1.24 bits per heavy atom. The van der Waals surface area contributed by atoms with E-state index in [1.807, 2.05) is 28.8 Å². The topological polar surface area (TPSA) is 61.1 Å². The average Bonchev–Trinajstić information content (AvgIpc) is 2.72. The van der Waals surface area contributed by atoms with Gasteiger partial charge in [0, 0.05) is 32.4 Å². The molecule has 2 aromatic heterocycles. The number of aliphatic hydroxyl groups excluding tert-OH is 1. The van der Waals surface area contributed by atoms with E-state index in [0.29, 0.717) is 12.2 Å². The smallest absolute Gasteiger partial charge is 0.170 e. The maximum absolute atomic E-state index is 11.5. The number of aromatic nitrogens is 2. The van der Waals surface area contributed by atoms with Crippen molar-refractivity contribution in [2.75, 3.05) is 44.2 Å². The SMILES string of the molecule is O=Cc1c(N2CCCN(CCO)CC2)nc2ccccn12. The number of β-amino-alcohol motifs (C(OH)–C–C–N with tert-alkyl or cyclic N) is 1. The van der Waals surface area contributed by atoms with Gasteiger partial charge in [-0.3, -0.25) is 14.1 Å². The highest BCUT2D eigenvalue weighted by Gasteiger charge is 2.20. The number of fused-ring (bicyclic) bond motifs is 1. The first-order valence-electron chi connectivity index (χ1n) is 7.34. The Morgan fingerprint density at radius 3 is 2.95 bits per heavy atom. The molecule has 21 heavy (non-hydrogen) atoms. The number of rotatable bonds is 4. The molecular weight excluding hydrogens is 268 g/mol. The molecule has 6 nitrogen and oxygen atoms in total. The van der Waals surface area contributed by atoms with Crippen molar-refractivity contribution >= 4 is 17.8 Å². The van der Waals surface area contributed by atoms with Gasteiger partial charge in [0.1, 0.15) is 11.3 Å². The lowest BCUT2D eigenvalue weighted by Crippen LogP contribution is -2.32. The lowest BCUT2D eigenvalue weighted by atomic mass is 10.3. The van der Waals surface area contributed by atoms with Crippen LogP contribution in [-0.2, 0) is 0 Å². The average molecular weight is 288 g/mol. The molecule has 0 bridgehead atoms. The number of nitrogens with zero attached hydrogens (tertiary/aromatic N) is 4. The maximum Gasteiger partial charge on any atom is 0.170 e. The number of imidazole rings is 1. The normalized spacial score (nSPS) is 17.1. The largest absolute Gasteiger partial charge is 0.395 e. The molecule has 0 atom stereocenters. The van der Waals surface area contributed by atoms with E-state index >= 15 is 0 Å². The molecule has 1 saturated heterocycles. The number of hydrogen-bond acceptors (Lipinski definition) is 5. The summed E-state index contributed by atoms with van der Waals surface area (Å²) in [6.07, 6.45) is 3.75. The maximum atomic E-state index is 11.5. The molecule has 6 heteroatoms. The Morgan fingerprint density at radius 2 is 2.14 bits per heavy atom. The number of carbonyl (C=O) groups is 1. The van der Waals surface area contributed by atoms with E-state index in [9.17, 15) is 4.79 Å². The fourth-order valence-corrected chi connectivity index (χ4v) is 2.89. The van der Waals surface area contributed by atoms with E-state index in [2.05, 4.69) is 14.8 Å². The summed E-state index contributed by atoms with van der Waals surface area (Å²) in [4.78, 5) is 20.5. The first kappa shape index (κ1) is 14.0. The minimum absolute atomic E-state index is 0.188. The van der Waals surface area contributed by atoms with Crippen molar-refractivity contribution in [2.45, 2.75) is 6.42 Å². The van der Waals surface area contributed by atoms with Crippen LogP contribution in [0, 0.1) is 0 Å². The van der Waals surface area contributed by atoms with Crippen molar-refractivity contribution in [1.29, 1.82) is 0 Å². The van der Waals surface area contributed by atoms with Crippen molar-refractivity contribution in [3.05, 3.63) is 30.1 Å². The quantitative estimate of drug-likeness (QED) is 0.837. The number of carbonyl (C=O) groups excluding carboxylic acids is 1. The predicted octanol–water partition coefficient (Wildman–Crippen LogP) is 0.651. The van der Waals surface area contributed by atoms with Crippen LogP contribution in [-0.4, -0.2) is 65.0 Å². The Kier molecular flexibility index (Phi) is 4.17. The van der Waals surface area contributed by atoms with Crippen LogP contribution in [0.3, 0.4) is 0 Å². The zero-order valence-corrected chi connectivity index (χ0v) is 12.0. The number of aldehydes is 1. The second-order valence-corrected chi connectivity index (χ2v) is 5.27. The molecule has 1 aliphatic rings. The standard InChI is InChI=1S/C15H20N4O2/c20-11-10-17-5-3-6-18(9-8-17)15-13(12-21)19-7-2-1-4-14(19)16-15/h1-2,4,7,12,20H,3,5-6,8-11H2. The third-order valence-corrected chi connectivity index (χ3v) is 3.96. The fraction of sp³-hybridized carbons (Fsp3) is 0.467. The van der Waals surface area contributed by atoms with Gasteiger partial charge in [-0.05, 0) is 25.1 Å². The van der Waals surface area contributed by atoms with Crippen molar-refractivity contribution in [3.8, 4) is 0 Å². The summed E-state index contributed by atoms with van der Waals surface area (Å²) in [6, 6.07) is 5.73. The summed E-state index contributed by atoms with van der Waals surface area (Å²) in [5, 5.41) is 9.05. The van der Waals surface area contributed by atoms with Crippen LogP contribution in [0.2, 0.25) is 0 Å². The third kappa shape index (κ3) is 2.77. The lowest BCUT2D eigenvalue weighted by molar-refractivity contribution is 0.111. The summed E-state index contributed by atoms with van der Waals surface area (Å²) in [7, 11) is 0. The Bertz CT molecular complexity index is 625. The van der Waals surface area contributed by atoms with E-state index in [1.54, 1.807) is 0 Å². The molecule has 0 unspecified atom stereocenters. The van der Waals surface area contributed by atoms with E-state index in [4.69, 9.17) is 5.11 Å². The number of aliphatic hydroxyl groups is 1. The van der Waals surface area contributed by atoms with Gasteiger partial charge in [-0.2, -0.15) is 0 Å². The Hall–Kier alpha value is -1.92. The van der Waals surface area contributed by atoms with Gasteiger partial charge in [-0.1, -0.05) is 6.07 Å². The molecule has 0 spiro atoms. The molecule has 0 amide bonds. The molecule has 0 saturated carbocycles. The molecule has 0 aromatic carbocycles.